The predicted molar refractivity (Wildman–Crippen MR) is 130 cm³/mol. The molecule has 8 atom stereocenters. The van der Waals surface area contributed by atoms with Gasteiger partial charge in [0.25, 0.3) is 0 Å². The van der Waals surface area contributed by atoms with E-state index in [1.807, 2.05) is 6.92 Å². The molecule has 1 unspecified atom stereocenters. The number of carbonyl (C=O) groups is 4. The molecule has 0 aromatic heterocycles. The molecule has 0 spiro atoms. The first-order valence-electron chi connectivity index (χ1n) is 13.0. The Bertz CT molecular complexity index is 1070. The van der Waals surface area contributed by atoms with Gasteiger partial charge < -0.3 is 17.4 Å². The summed E-state index contributed by atoms with van der Waals surface area (Å²) in [6, 6.07) is 0. The van der Waals surface area contributed by atoms with Crippen LogP contribution in [-0.2, 0) is 28.7 Å². The number of fused-ring (bicyclic) bond motifs is 5. The van der Waals surface area contributed by atoms with Crippen molar-refractivity contribution in [1.82, 2.24) is 0 Å². The summed E-state index contributed by atoms with van der Waals surface area (Å²) in [5.74, 6) is -3.31. The molecule has 3 saturated carbocycles. The van der Waals surface area contributed by atoms with Crippen LogP contribution in [0.5, 0.6) is 0 Å². The maximum Gasteiger partial charge on any atom is 1.00 e. The third-order valence-electron chi connectivity index (χ3n) is 9.81. The van der Waals surface area contributed by atoms with E-state index in [-0.39, 0.29) is 92.9 Å². The first kappa shape index (κ1) is 33.9. The van der Waals surface area contributed by atoms with Crippen LogP contribution in [0.3, 0.4) is 0 Å². The third kappa shape index (κ3) is 4.68. The molecule has 0 aromatic rings. The van der Waals surface area contributed by atoms with Crippen LogP contribution >= 0.6 is 0 Å². The van der Waals surface area contributed by atoms with Gasteiger partial charge in [-0.25, -0.2) is 4.39 Å². The smallest absolute Gasteiger partial charge is 1.00 e. The molecule has 4 aliphatic carbocycles. The molecule has 0 aliphatic heterocycles. The van der Waals surface area contributed by atoms with Gasteiger partial charge in [-0.1, -0.05) is 39.3 Å². The Balaban J connectivity index is 0.00000380. The van der Waals surface area contributed by atoms with E-state index >= 15 is 4.39 Å². The fraction of sp³-hybridized carbons (Fsp3) is 0.714. The van der Waals surface area contributed by atoms with Crippen LogP contribution < -0.4 is 59.1 Å². The molecule has 4 rings (SSSR count). The molecule has 202 valence electrons. The number of alkyl halides is 1. The van der Waals surface area contributed by atoms with Crippen LogP contribution in [0.15, 0.2) is 23.8 Å². The summed E-state index contributed by atoms with van der Waals surface area (Å²) in [6.45, 7) is 8.05. The topological polar surface area (TPSA) is 107 Å². The minimum Gasteiger partial charge on any atom is -1.00 e. The van der Waals surface area contributed by atoms with Gasteiger partial charge >= 0.3 is 71.1 Å². The Morgan fingerprint density at radius 2 is 1.76 bits per heavy atom. The van der Waals surface area contributed by atoms with Crippen LogP contribution in [0.1, 0.15) is 76.0 Å². The molecule has 0 amide bonds. The van der Waals surface area contributed by atoms with Crippen molar-refractivity contribution in [2.75, 3.05) is 6.61 Å². The van der Waals surface area contributed by atoms with E-state index in [9.17, 15) is 24.3 Å². The monoisotopic (exact) mass is 552 g/mol. The molecular formula is C28H39FNa2O7. The first-order chi connectivity index (χ1) is 16.8. The Hall–Kier alpha value is -0.350. The van der Waals surface area contributed by atoms with Gasteiger partial charge in [0.1, 0.15) is 0 Å². The van der Waals surface area contributed by atoms with E-state index in [1.54, 1.807) is 33.8 Å². The van der Waals surface area contributed by atoms with Crippen LogP contribution in [0.25, 0.3) is 0 Å². The number of carbonyl (C=O) groups excluding carboxylic acids is 4. The summed E-state index contributed by atoms with van der Waals surface area (Å²) >= 11 is 0. The maximum atomic E-state index is 17.4. The number of aliphatic hydroxyl groups excluding tert-OH is 1. The second-order valence-corrected chi connectivity index (χ2v) is 11.4. The number of esters is 2. The molecule has 10 heteroatoms. The van der Waals surface area contributed by atoms with Crippen molar-refractivity contribution in [1.29, 1.82) is 0 Å². The molecule has 1 N–H and O–H groups in total. The minimum absolute atomic E-state index is 0. The van der Waals surface area contributed by atoms with E-state index in [4.69, 9.17) is 9.47 Å². The zero-order chi connectivity index (χ0) is 26.7. The standard InChI is InChI=1S/C28H37FO7.2Na.2H/c1-6-23(33)35-15-22(32)28(36-24(34)7-2)16(3)12-20-19-9-8-17-13-18(30)10-11-25(17,4)27(19,29)21(31)14-26(20,28)5;;;;/h10-11,13,16,19-21,31H,6-9,12,14-15H2,1-5H3;;;;/q;2*+1;2*-1/t16-,19-,20-,21-,25-,26-,27?,28-;;;;/m0..../s1. The second-order valence-electron chi connectivity index (χ2n) is 11.4. The molecule has 0 heterocycles. The fourth-order valence-electron chi connectivity index (χ4n) is 8.01. The summed E-state index contributed by atoms with van der Waals surface area (Å²) in [5.41, 5.74) is -5.26. The third-order valence-corrected chi connectivity index (χ3v) is 9.81. The summed E-state index contributed by atoms with van der Waals surface area (Å²) in [4.78, 5) is 50.3. The van der Waals surface area contributed by atoms with E-state index in [2.05, 4.69) is 0 Å². The molecule has 0 bridgehead atoms. The van der Waals surface area contributed by atoms with Crippen molar-refractivity contribution in [2.24, 2.45) is 28.6 Å². The molecule has 0 saturated heterocycles. The zero-order valence-corrected chi connectivity index (χ0v) is 27.8. The summed E-state index contributed by atoms with van der Waals surface area (Å²) in [6.07, 6.45) is 4.32. The minimum atomic E-state index is -2.05. The molecule has 7 nitrogen and oxygen atoms in total. The number of hydrogen-bond acceptors (Lipinski definition) is 7. The summed E-state index contributed by atoms with van der Waals surface area (Å²) < 4.78 is 28.5. The van der Waals surface area contributed by atoms with Crippen LogP contribution in [0, 0.1) is 28.6 Å². The van der Waals surface area contributed by atoms with Crippen molar-refractivity contribution in [2.45, 2.75) is 90.5 Å². The Morgan fingerprint density at radius 3 is 2.37 bits per heavy atom. The van der Waals surface area contributed by atoms with Gasteiger partial charge in [-0.15, -0.1) is 0 Å². The molecular weight excluding hydrogens is 513 g/mol. The van der Waals surface area contributed by atoms with Crippen LogP contribution in [-0.4, -0.2) is 52.6 Å². The number of ketones is 2. The predicted octanol–water partition coefficient (Wildman–Crippen LogP) is -1.95. The van der Waals surface area contributed by atoms with Gasteiger partial charge in [0.05, 0.1) is 6.10 Å². The average molecular weight is 553 g/mol. The molecule has 3 fully saturated rings. The van der Waals surface area contributed by atoms with Crippen molar-refractivity contribution >= 4 is 23.5 Å². The number of rotatable bonds is 6. The Labute approximate surface area is 271 Å². The first-order valence-corrected chi connectivity index (χ1v) is 13.0. The summed E-state index contributed by atoms with van der Waals surface area (Å²) in [5, 5.41) is 11.5. The normalized spacial score (nSPS) is 40.8. The largest absolute Gasteiger partial charge is 1.00 e. The van der Waals surface area contributed by atoms with Crippen molar-refractivity contribution in [3.63, 3.8) is 0 Å². The van der Waals surface area contributed by atoms with E-state index in [0.717, 1.165) is 0 Å². The van der Waals surface area contributed by atoms with Crippen LogP contribution in [0.4, 0.5) is 4.39 Å². The molecule has 0 radical (unpaired) electrons. The Morgan fingerprint density at radius 1 is 1.13 bits per heavy atom. The van der Waals surface area contributed by atoms with Crippen molar-refractivity contribution in [3.8, 4) is 0 Å². The van der Waals surface area contributed by atoms with E-state index in [0.29, 0.717) is 24.8 Å². The quantitative estimate of drug-likeness (QED) is 0.302. The number of Topliss-reactive ketones (excluding diaryl/α,β-unsaturated/α-hetero) is 1. The van der Waals surface area contributed by atoms with Crippen LogP contribution in [0.2, 0.25) is 0 Å². The maximum absolute atomic E-state index is 17.4. The second kappa shape index (κ2) is 11.9. The van der Waals surface area contributed by atoms with Gasteiger partial charge in [0.2, 0.25) is 5.78 Å². The van der Waals surface area contributed by atoms with Gasteiger partial charge in [-0.2, -0.15) is 0 Å². The van der Waals surface area contributed by atoms with E-state index < -0.39 is 64.4 Å². The number of aliphatic hydroxyl groups is 1. The molecule has 4 aliphatic rings. The molecule has 38 heavy (non-hydrogen) atoms. The van der Waals surface area contributed by atoms with Gasteiger partial charge in [-0.3, -0.25) is 19.2 Å². The van der Waals surface area contributed by atoms with Crippen molar-refractivity contribution < 1.29 is 100 Å². The number of ether oxygens (including phenoxy) is 2. The summed E-state index contributed by atoms with van der Waals surface area (Å²) in [7, 11) is 0. The van der Waals surface area contributed by atoms with Gasteiger partial charge in [-0.05, 0) is 50.7 Å². The number of allylic oxidation sites excluding steroid dienone is 4. The zero-order valence-electron chi connectivity index (χ0n) is 25.8. The fourth-order valence-corrected chi connectivity index (χ4v) is 8.01. The van der Waals surface area contributed by atoms with Gasteiger partial charge in [0.15, 0.2) is 23.7 Å². The number of halogens is 1. The average Bonchev–Trinajstić information content (AvgIpc) is 3.05. The Kier molecular flexibility index (Phi) is 10.6. The van der Waals surface area contributed by atoms with Gasteiger partial charge in [0, 0.05) is 35.5 Å². The SMILES string of the molecule is CCC(=O)OCC(=O)[C@@]1(OC(=O)CC)[C@@H](C)C[C@H]2[C@@H]3CCC4=CC(=O)C=C[C@]4(C)C3(F)[C@@H](O)C[C@@]21C.[H-].[H-].[Na+].[Na+]. The van der Waals surface area contributed by atoms with E-state index in [1.165, 1.54) is 12.2 Å². The van der Waals surface area contributed by atoms with Crippen molar-refractivity contribution in [3.05, 3.63) is 23.8 Å². The number of hydrogen-bond donors (Lipinski definition) is 1. The molecule has 0 aromatic carbocycles.